The fourth-order valence-electron chi connectivity index (χ4n) is 2.09. The quantitative estimate of drug-likeness (QED) is 0.839. The summed E-state index contributed by atoms with van der Waals surface area (Å²) in [4.78, 5) is 0. The Balaban J connectivity index is 2.37. The smallest absolute Gasteiger partial charge is 0.126 e. The minimum atomic E-state index is -0.513. The van der Waals surface area contributed by atoms with Crippen LogP contribution in [0.25, 0.3) is 0 Å². The second-order valence-corrected chi connectivity index (χ2v) is 4.80. The van der Waals surface area contributed by atoms with Crippen molar-refractivity contribution in [2.45, 2.75) is 12.3 Å². The van der Waals surface area contributed by atoms with Gasteiger partial charge in [-0.25, -0.2) is 4.39 Å². The van der Waals surface area contributed by atoms with Crippen LogP contribution in [0.15, 0.2) is 42.5 Å². The van der Waals surface area contributed by atoms with Crippen molar-refractivity contribution in [2.24, 2.45) is 0 Å². The van der Waals surface area contributed by atoms with E-state index in [1.807, 2.05) is 0 Å². The highest BCUT2D eigenvalue weighted by Crippen LogP contribution is 2.31. The van der Waals surface area contributed by atoms with Gasteiger partial charge in [-0.15, -0.1) is 0 Å². The third kappa shape index (κ3) is 3.09. The Bertz CT molecular complexity index is 651. The van der Waals surface area contributed by atoms with Crippen molar-refractivity contribution in [1.29, 1.82) is 5.26 Å². The number of hydrogen-bond donors (Lipinski definition) is 0. The molecule has 0 saturated heterocycles. The molecule has 2 nitrogen and oxygen atoms in total. The maximum absolute atomic E-state index is 13.7. The first-order valence-electron chi connectivity index (χ1n) is 6.12. The first-order chi connectivity index (χ1) is 9.65. The molecule has 0 spiro atoms. The van der Waals surface area contributed by atoms with Gasteiger partial charge in [-0.2, -0.15) is 5.26 Å². The summed E-state index contributed by atoms with van der Waals surface area (Å²) in [5, 5.41) is 9.89. The Hall–Kier alpha value is -2.05. The molecule has 2 aromatic carbocycles. The van der Waals surface area contributed by atoms with Crippen LogP contribution in [0.2, 0.25) is 5.02 Å². The van der Waals surface area contributed by atoms with Crippen LogP contribution in [-0.2, 0) is 6.42 Å². The van der Waals surface area contributed by atoms with Crippen LogP contribution in [0.4, 0.5) is 4.39 Å². The van der Waals surface area contributed by atoms with Gasteiger partial charge in [-0.3, -0.25) is 0 Å². The Labute approximate surface area is 122 Å². The molecule has 0 radical (unpaired) electrons. The molecule has 0 aliphatic rings. The van der Waals surface area contributed by atoms with Gasteiger partial charge in [0.05, 0.1) is 19.1 Å². The minimum Gasteiger partial charge on any atom is -0.496 e. The fourth-order valence-corrected chi connectivity index (χ4v) is 2.27. The van der Waals surface area contributed by atoms with Gasteiger partial charge in [0.1, 0.15) is 11.6 Å². The highest BCUT2D eigenvalue weighted by Gasteiger charge is 2.18. The molecule has 1 atom stereocenters. The molecule has 0 bridgehead atoms. The highest BCUT2D eigenvalue weighted by atomic mass is 35.5. The van der Waals surface area contributed by atoms with E-state index in [1.54, 1.807) is 36.4 Å². The highest BCUT2D eigenvalue weighted by molar-refractivity contribution is 6.30. The van der Waals surface area contributed by atoms with Crippen molar-refractivity contribution in [3.8, 4) is 11.8 Å². The number of ether oxygens (including phenoxy) is 1. The van der Waals surface area contributed by atoms with Gasteiger partial charge < -0.3 is 4.74 Å². The maximum Gasteiger partial charge on any atom is 0.126 e. The zero-order valence-corrected chi connectivity index (χ0v) is 11.7. The molecular formula is C16H13ClFNO. The summed E-state index contributed by atoms with van der Waals surface area (Å²) in [7, 11) is 1.53. The first-order valence-corrected chi connectivity index (χ1v) is 6.50. The molecular weight excluding hydrogens is 277 g/mol. The van der Waals surface area contributed by atoms with Crippen LogP contribution in [0.3, 0.4) is 0 Å². The molecule has 0 aromatic heterocycles. The Morgan fingerprint density at radius 2 is 2.05 bits per heavy atom. The summed E-state index contributed by atoms with van der Waals surface area (Å²) >= 11 is 5.97. The number of halogens is 2. The first kappa shape index (κ1) is 14.4. The molecule has 2 aromatic rings. The lowest BCUT2D eigenvalue weighted by Gasteiger charge is -2.14. The van der Waals surface area contributed by atoms with E-state index < -0.39 is 5.92 Å². The predicted octanol–water partition coefficient (Wildman–Crippen LogP) is 4.34. The lowest BCUT2D eigenvalue weighted by molar-refractivity contribution is 0.408. The summed E-state index contributed by atoms with van der Waals surface area (Å²) in [5.41, 5.74) is 1.17. The van der Waals surface area contributed by atoms with Crippen molar-refractivity contribution in [1.82, 2.24) is 0 Å². The Morgan fingerprint density at radius 3 is 2.70 bits per heavy atom. The lowest BCUT2D eigenvalue weighted by atomic mass is 9.92. The normalized spacial score (nSPS) is 11.7. The topological polar surface area (TPSA) is 33.0 Å². The van der Waals surface area contributed by atoms with Gasteiger partial charge in [-0.05, 0) is 36.2 Å². The average Bonchev–Trinajstić information content (AvgIpc) is 2.46. The Kier molecular flexibility index (Phi) is 4.60. The molecule has 0 N–H and O–H groups in total. The molecule has 0 saturated carbocycles. The summed E-state index contributed by atoms with van der Waals surface area (Å²) in [6, 6.07) is 13.7. The monoisotopic (exact) mass is 289 g/mol. The van der Waals surface area contributed by atoms with Gasteiger partial charge >= 0.3 is 0 Å². The SMILES string of the molecule is COc1ccc(Cl)cc1C(C#N)Cc1ccccc1F. The molecule has 2 rings (SSSR count). The van der Waals surface area contributed by atoms with Crippen LogP contribution in [0.1, 0.15) is 17.0 Å². The van der Waals surface area contributed by atoms with Crippen LogP contribution in [-0.4, -0.2) is 7.11 Å². The van der Waals surface area contributed by atoms with Crippen molar-refractivity contribution >= 4 is 11.6 Å². The van der Waals surface area contributed by atoms with Gasteiger partial charge in [0.2, 0.25) is 0 Å². The van der Waals surface area contributed by atoms with E-state index in [2.05, 4.69) is 6.07 Å². The van der Waals surface area contributed by atoms with E-state index in [0.717, 1.165) is 0 Å². The predicted molar refractivity (Wildman–Crippen MR) is 76.5 cm³/mol. The fraction of sp³-hybridized carbons (Fsp3) is 0.188. The van der Waals surface area contributed by atoms with E-state index in [4.69, 9.17) is 16.3 Å². The molecule has 4 heteroatoms. The zero-order chi connectivity index (χ0) is 14.5. The third-order valence-corrected chi connectivity index (χ3v) is 3.34. The standard InChI is InChI=1S/C16H13ClFNO/c1-20-16-7-6-13(17)9-14(16)12(10-19)8-11-4-2-3-5-15(11)18/h2-7,9,12H,8H2,1H3. The summed E-state index contributed by atoms with van der Waals surface area (Å²) in [5.74, 6) is -0.244. The largest absolute Gasteiger partial charge is 0.496 e. The van der Waals surface area contributed by atoms with Crippen molar-refractivity contribution < 1.29 is 9.13 Å². The molecule has 0 aliphatic carbocycles. The van der Waals surface area contributed by atoms with Crippen LogP contribution in [0.5, 0.6) is 5.75 Å². The number of nitrogens with zero attached hydrogens (tertiary/aromatic N) is 1. The number of methoxy groups -OCH3 is 1. The van der Waals surface area contributed by atoms with E-state index in [9.17, 15) is 9.65 Å². The van der Waals surface area contributed by atoms with Gasteiger partial charge in [0, 0.05) is 10.6 Å². The van der Waals surface area contributed by atoms with Crippen LogP contribution < -0.4 is 4.74 Å². The van der Waals surface area contributed by atoms with Gasteiger partial charge in [0.15, 0.2) is 0 Å². The van der Waals surface area contributed by atoms with E-state index in [1.165, 1.54) is 13.2 Å². The maximum atomic E-state index is 13.7. The van der Waals surface area contributed by atoms with Crippen molar-refractivity contribution in [2.75, 3.05) is 7.11 Å². The molecule has 102 valence electrons. The molecule has 20 heavy (non-hydrogen) atoms. The van der Waals surface area contributed by atoms with Crippen molar-refractivity contribution in [3.63, 3.8) is 0 Å². The second-order valence-electron chi connectivity index (χ2n) is 4.36. The van der Waals surface area contributed by atoms with Gasteiger partial charge in [-0.1, -0.05) is 29.8 Å². The second kappa shape index (κ2) is 6.40. The average molecular weight is 290 g/mol. The third-order valence-electron chi connectivity index (χ3n) is 3.10. The molecule has 0 amide bonds. The number of rotatable bonds is 4. The van der Waals surface area contributed by atoms with E-state index in [0.29, 0.717) is 21.9 Å². The Morgan fingerprint density at radius 1 is 1.30 bits per heavy atom. The zero-order valence-electron chi connectivity index (χ0n) is 10.9. The molecule has 0 heterocycles. The van der Waals surface area contributed by atoms with E-state index >= 15 is 0 Å². The summed E-state index contributed by atoms with van der Waals surface area (Å²) < 4.78 is 18.9. The number of benzene rings is 2. The van der Waals surface area contributed by atoms with Gasteiger partial charge in [0.25, 0.3) is 0 Å². The molecule has 1 unspecified atom stereocenters. The number of hydrogen-bond acceptors (Lipinski definition) is 2. The molecule has 0 fully saturated rings. The van der Waals surface area contributed by atoms with Crippen LogP contribution >= 0.6 is 11.6 Å². The van der Waals surface area contributed by atoms with Crippen molar-refractivity contribution in [3.05, 3.63) is 64.4 Å². The summed E-state index contributed by atoms with van der Waals surface area (Å²) in [6.07, 6.45) is 0.278. The summed E-state index contributed by atoms with van der Waals surface area (Å²) in [6.45, 7) is 0. The molecule has 0 aliphatic heterocycles. The number of nitriles is 1. The minimum absolute atomic E-state index is 0.278. The van der Waals surface area contributed by atoms with E-state index in [-0.39, 0.29) is 12.2 Å². The van der Waals surface area contributed by atoms with Crippen LogP contribution in [0, 0.1) is 17.1 Å². The lowest BCUT2D eigenvalue weighted by Crippen LogP contribution is -2.04.